The summed E-state index contributed by atoms with van der Waals surface area (Å²) in [6.45, 7) is 6.25. The standard InChI is InChI=1S/C18H22N4OS/c1-12-7-6-10-21(11-12)15(14-8-4-3-5-9-14)16-17(23)22-18(24-16)19-13(2)20-22/h3-5,8-9,12,15,23H,6-7,10-11H2,1-2H3/t12-,15+/m1/s1. The smallest absolute Gasteiger partial charge is 0.230 e. The Bertz CT molecular complexity index is 841. The van der Waals surface area contributed by atoms with Crippen molar-refractivity contribution in [3.05, 3.63) is 46.6 Å². The van der Waals surface area contributed by atoms with Gasteiger partial charge in [0.05, 0.1) is 10.9 Å². The van der Waals surface area contributed by atoms with Crippen LogP contribution >= 0.6 is 11.3 Å². The van der Waals surface area contributed by atoms with Crippen molar-refractivity contribution in [2.75, 3.05) is 13.1 Å². The summed E-state index contributed by atoms with van der Waals surface area (Å²) in [4.78, 5) is 8.60. The third-order valence-electron chi connectivity index (χ3n) is 4.72. The fourth-order valence-corrected chi connectivity index (χ4v) is 4.81. The molecule has 0 saturated carbocycles. The van der Waals surface area contributed by atoms with E-state index in [-0.39, 0.29) is 11.9 Å². The number of rotatable bonds is 3. The zero-order valence-electron chi connectivity index (χ0n) is 14.0. The average molecular weight is 342 g/mol. The van der Waals surface area contributed by atoms with Gasteiger partial charge in [-0.2, -0.15) is 4.52 Å². The molecule has 3 aromatic rings. The van der Waals surface area contributed by atoms with Gasteiger partial charge in [-0.05, 0) is 37.8 Å². The molecule has 0 bridgehead atoms. The summed E-state index contributed by atoms with van der Waals surface area (Å²) in [5.41, 5.74) is 1.21. The summed E-state index contributed by atoms with van der Waals surface area (Å²) in [5.74, 6) is 1.59. The zero-order chi connectivity index (χ0) is 16.7. The molecule has 1 aliphatic heterocycles. The number of likely N-dealkylation sites (tertiary alicyclic amines) is 1. The maximum absolute atomic E-state index is 10.8. The second-order valence-electron chi connectivity index (χ2n) is 6.70. The lowest BCUT2D eigenvalue weighted by Gasteiger charge is -2.37. The molecule has 4 rings (SSSR count). The molecule has 126 valence electrons. The van der Waals surface area contributed by atoms with Crippen molar-refractivity contribution in [3.8, 4) is 5.88 Å². The van der Waals surface area contributed by atoms with Crippen LogP contribution in [0, 0.1) is 12.8 Å². The van der Waals surface area contributed by atoms with E-state index in [0.717, 1.165) is 22.9 Å². The molecule has 0 spiro atoms. The largest absolute Gasteiger partial charge is 0.492 e. The van der Waals surface area contributed by atoms with E-state index in [1.54, 1.807) is 15.9 Å². The van der Waals surface area contributed by atoms with Crippen molar-refractivity contribution < 1.29 is 5.11 Å². The van der Waals surface area contributed by atoms with Crippen LogP contribution in [0.5, 0.6) is 5.88 Å². The fraction of sp³-hybridized carbons (Fsp3) is 0.444. The molecule has 3 heterocycles. The number of piperidine rings is 1. The van der Waals surface area contributed by atoms with Gasteiger partial charge in [-0.3, -0.25) is 4.90 Å². The molecule has 0 aliphatic carbocycles. The Morgan fingerprint density at radius 2 is 2.08 bits per heavy atom. The number of aromatic hydroxyl groups is 1. The number of hydrogen-bond acceptors (Lipinski definition) is 5. The second kappa shape index (κ2) is 6.18. The van der Waals surface area contributed by atoms with Crippen LogP contribution in [-0.2, 0) is 0 Å². The molecule has 0 unspecified atom stereocenters. The molecule has 0 amide bonds. The Morgan fingerprint density at radius 3 is 2.79 bits per heavy atom. The molecule has 1 saturated heterocycles. The topological polar surface area (TPSA) is 53.7 Å². The summed E-state index contributed by atoms with van der Waals surface area (Å²) in [6.07, 6.45) is 2.48. The second-order valence-corrected chi connectivity index (χ2v) is 7.71. The van der Waals surface area contributed by atoms with Crippen LogP contribution in [0.15, 0.2) is 30.3 Å². The molecule has 1 aliphatic rings. The van der Waals surface area contributed by atoms with Crippen LogP contribution in [-0.4, -0.2) is 37.7 Å². The van der Waals surface area contributed by atoms with Crippen molar-refractivity contribution in [1.29, 1.82) is 0 Å². The van der Waals surface area contributed by atoms with Gasteiger partial charge < -0.3 is 5.11 Å². The molecular formula is C18H22N4OS. The first-order valence-electron chi connectivity index (χ1n) is 8.47. The number of fused-ring (bicyclic) bond motifs is 1. The van der Waals surface area contributed by atoms with Gasteiger partial charge in [0.1, 0.15) is 5.82 Å². The maximum atomic E-state index is 10.8. The van der Waals surface area contributed by atoms with Crippen molar-refractivity contribution in [2.24, 2.45) is 5.92 Å². The Balaban J connectivity index is 1.81. The highest BCUT2D eigenvalue weighted by Gasteiger charge is 2.31. The van der Waals surface area contributed by atoms with Crippen molar-refractivity contribution in [2.45, 2.75) is 32.7 Å². The molecule has 24 heavy (non-hydrogen) atoms. The summed E-state index contributed by atoms with van der Waals surface area (Å²) >= 11 is 1.54. The van der Waals surface area contributed by atoms with Crippen LogP contribution in [0.25, 0.3) is 4.96 Å². The van der Waals surface area contributed by atoms with E-state index in [1.165, 1.54) is 18.4 Å². The van der Waals surface area contributed by atoms with Gasteiger partial charge in [-0.1, -0.05) is 48.6 Å². The first-order chi connectivity index (χ1) is 11.6. The minimum absolute atomic E-state index is 0.0581. The van der Waals surface area contributed by atoms with Crippen LogP contribution in [0.4, 0.5) is 0 Å². The molecule has 2 aromatic heterocycles. The van der Waals surface area contributed by atoms with Gasteiger partial charge in [-0.25, -0.2) is 4.98 Å². The number of aryl methyl sites for hydroxylation is 1. The van der Waals surface area contributed by atoms with Gasteiger partial charge in [-0.15, -0.1) is 5.10 Å². The van der Waals surface area contributed by atoms with Crippen LogP contribution < -0.4 is 0 Å². The number of thiazole rings is 1. The van der Waals surface area contributed by atoms with Gasteiger partial charge in [0.15, 0.2) is 0 Å². The van der Waals surface area contributed by atoms with E-state index in [2.05, 4.69) is 46.2 Å². The third-order valence-corrected chi connectivity index (χ3v) is 5.80. The van der Waals surface area contributed by atoms with Crippen LogP contribution in [0.1, 0.15) is 42.1 Å². The lowest BCUT2D eigenvalue weighted by atomic mass is 9.95. The number of aromatic nitrogens is 3. The van der Waals surface area contributed by atoms with Crippen molar-refractivity contribution in [1.82, 2.24) is 19.5 Å². The molecular weight excluding hydrogens is 320 g/mol. The number of nitrogens with zero attached hydrogens (tertiary/aromatic N) is 4. The van der Waals surface area contributed by atoms with Crippen LogP contribution in [0.3, 0.4) is 0 Å². The minimum atomic E-state index is 0.0581. The van der Waals surface area contributed by atoms with E-state index in [4.69, 9.17) is 0 Å². The molecule has 1 fully saturated rings. The average Bonchev–Trinajstić information content (AvgIpc) is 3.07. The molecule has 6 heteroatoms. The first kappa shape index (κ1) is 15.6. The van der Waals surface area contributed by atoms with E-state index in [0.29, 0.717) is 11.7 Å². The van der Waals surface area contributed by atoms with E-state index >= 15 is 0 Å². The SMILES string of the molecule is Cc1nc2sc([C@H](c3ccccc3)N3CCC[C@@H](C)C3)c(O)n2n1. The zero-order valence-corrected chi connectivity index (χ0v) is 14.8. The monoisotopic (exact) mass is 342 g/mol. The van der Waals surface area contributed by atoms with Gasteiger partial charge >= 0.3 is 0 Å². The lowest BCUT2D eigenvalue weighted by molar-refractivity contribution is 0.149. The highest BCUT2D eigenvalue weighted by Crippen LogP contribution is 2.41. The Morgan fingerprint density at radius 1 is 1.29 bits per heavy atom. The van der Waals surface area contributed by atoms with Gasteiger partial charge in [0.25, 0.3) is 0 Å². The first-order valence-corrected chi connectivity index (χ1v) is 9.29. The van der Waals surface area contributed by atoms with Crippen molar-refractivity contribution >= 4 is 16.3 Å². The summed E-state index contributed by atoms with van der Waals surface area (Å²) in [7, 11) is 0. The normalized spacial score (nSPS) is 20.5. The third kappa shape index (κ3) is 2.70. The van der Waals surface area contributed by atoms with E-state index < -0.39 is 0 Å². The lowest BCUT2D eigenvalue weighted by Crippen LogP contribution is -2.37. The van der Waals surface area contributed by atoms with Gasteiger partial charge in [0.2, 0.25) is 10.8 Å². The Labute approximate surface area is 145 Å². The van der Waals surface area contributed by atoms with Gasteiger partial charge in [0, 0.05) is 6.54 Å². The molecule has 5 nitrogen and oxygen atoms in total. The highest BCUT2D eigenvalue weighted by atomic mass is 32.1. The highest BCUT2D eigenvalue weighted by molar-refractivity contribution is 7.17. The molecule has 1 N–H and O–H groups in total. The molecule has 1 aromatic carbocycles. The van der Waals surface area contributed by atoms with E-state index in [9.17, 15) is 5.11 Å². The Hall–Kier alpha value is -1.92. The maximum Gasteiger partial charge on any atom is 0.230 e. The molecule has 2 atom stereocenters. The van der Waals surface area contributed by atoms with Crippen molar-refractivity contribution in [3.63, 3.8) is 0 Å². The summed E-state index contributed by atoms with van der Waals surface area (Å²) < 4.78 is 1.57. The Kier molecular flexibility index (Phi) is 4.02. The predicted molar refractivity (Wildman–Crippen MR) is 95.5 cm³/mol. The number of benzene rings is 1. The predicted octanol–water partition coefficient (Wildman–Crippen LogP) is 3.63. The van der Waals surface area contributed by atoms with E-state index in [1.807, 2.05) is 13.0 Å². The fourth-order valence-electron chi connectivity index (χ4n) is 3.65. The van der Waals surface area contributed by atoms with Crippen LogP contribution in [0.2, 0.25) is 0 Å². The number of hydrogen-bond donors (Lipinski definition) is 1. The summed E-state index contributed by atoms with van der Waals surface area (Å²) in [5, 5.41) is 15.1. The summed E-state index contributed by atoms with van der Waals surface area (Å²) in [6, 6.07) is 10.5. The minimum Gasteiger partial charge on any atom is -0.492 e. The quantitative estimate of drug-likeness (QED) is 0.790. The molecule has 0 radical (unpaired) electrons.